The third kappa shape index (κ3) is 5.40. The number of allylic oxidation sites excluding steroid dienone is 1. The number of nitrogens with one attached hydrogen (secondary N) is 1. The van der Waals surface area contributed by atoms with E-state index < -0.39 is 0 Å². The van der Waals surface area contributed by atoms with Crippen LogP contribution in [-0.2, 0) is 17.8 Å². The molecule has 0 unspecified atom stereocenters. The van der Waals surface area contributed by atoms with Gasteiger partial charge in [0.05, 0.1) is 12.6 Å². The summed E-state index contributed by atoms with van der Waals surface area (Å²) >= 11 is 0. The van der Waals surface area contributed by atoms with Gasteiger partial charge in [-0.25, -0.2) is 0 Å². The number of fused-ring (bicyclic) bond motifs is 1. The molecule has 4 rings (SSSR count). The fourth-order valence-electron chi connectivity index (χ4n) is 4.70. The summed E-state index contributed by atoms with van der Waals surface area (Å²) in [7, 11) is 0. The van der Waals surface area contributed by atoms with Gasteiger partial charge in [0, 0.05) is 45.7 Å². The maximum Gasteiger partial charge on any atom is 0.237 e. The lowest BCUT2D eigenvalue weighted by Gasteiger charge is -2.37. The Labute approximate surface area is 175 Å². The molecule has 0 aromatic heterocycles. The van der Waals surface area contributed by atoms with Crippen molar-refractivity contribution >= 4 is 5.91 Å². The van der Waals surface area contributed by atoms with Gasteiger partial charge in [-0.1, -0.05) is 23.8 Å². The minimum atomic E-state index is -0.0466. The highest BCUT2D eigenvalue weighted by Crippen LogP contribution is 2.26. The zero-order chi connectivity index (χ0) is 20.1. The van der Waals surface area contributed by atoms with Crippen LogP contribution >= 0.6 is 0 Å². The highest BCUT2D eigenvalue weighted by Gasteiger charge is 2.25. The van der Waals surface area contributed by atoms with Crippen LogP contribution in [0.1, 0.15) is 50.2 Å². The Morgan fingerprint density at radius 1 is 1.17 bits per heavy atom. The van der Waals surface area contributed by atoms with Crippen LogP contribution in [0.2, 0.25) is 0 Å². The molecular weight excluding hydrogens is 362 g/mol. The largest absolute Gasteiger partial charge is 0.493 e. The Bertz CT molecular complexity index is 738. The number of nitrogens with zero attached hydrogens (tertiary/aromatic N) is 2. The monoisotopic (exact) mass is 397 g/mol. The lowest BCUT2D eigenvalue weighted by atomic mass is 9.97. The van der Waals surface area contributed by atoms with E-state index in [-0.39, 0.29) is 11.9 Å². The molecule has 158 valence electrons. The number of rotatable bonds is 7. The minimum absolute atomic E-state index is 0.0466. The van der Waals surface area contributed by atoms with E-state index in [9.17, 15) is 4.79 Å². The molecule has 5 heteroatoms. The summed E-state index contributed by atoms with van der Waals surface area (Å²) in [5.41, 5.74) is 4.23. The number of piperazine rings is 1. The van der Waals surface area contributed by atoms with Crippen molar-refractivity contribution in [2.75, 3.05) is 39.3 Å². The standard InChI is InChI=1S/C24H35N3O2/c1-19(24(28)25-11-9-20-5-3-2-4-6-20)27-14-12-26(13-15-27)18-21-7-8-23-22(17-21)10-16-29-23/h5,7-8,17,19H,2-4,6,9-16,18H2,1H3,(H,25,28)/t19-/m1/s1. The normalized spacial score (nSPS) is 21.2. The maximum absolute atomic E-state index is 12.6. The molecule has 1 aromatic carbocycles. The number of benzene rings is 1. The summed E-state index contributed by atoms with van der Waals surface area (Å²) in [4.78, 5) is 17.4. The van der Waals surface area contributed by atoms with Crippen LogP contribution in [-0.4, -0.2) is 61.1 Å². The smallest absolute Gasteiger partial charge is 0.237 e. The van der Waals surface area contributed by atoms with Crippen LogP contribution in [0.3, 0.4) is 0 Å². The van der Waals surface area contributed by atoms with E-state index in [1.165, 1.54) is 42.4 Å². The van der Waals surface area contributed by atoms with E-state index in [1.807, 2.05) is 6.92 Å². The summed E-state index contributed by atoms with van der Waals surface area (Å²) in [5, 5.41) is 3.16. The van der Waals surface area contributed by atoms with E-state index >= 15 is 0 Å². The molecule has 1 N–H and O–H groups in total. The molecule has 5 nitrogen and oxygen atoms in total. The number of carbonyl (C=O) groups is 1. The van der Waals surface area contributed by atoms with Gasteiger partial charge in [0.2, 0.25) is 5.91 Å². The molecule has 2 heterocycles. The van der Waals surface area contributed by atoms with Gasteiger partial charge in [0.25, 0.3) is 0 Å². The van der Waals surface area contributed by atoms with Crippen molar-refractivity contribution < 1.29 is 9.53 Å². The zero-order valence-corrected chi connectivity index (χ0v) is 17.8. The van der Waals surface area contributed by atoms with E-state index in [4.69, 9.17) is 4.74 Å². The van der Waals surface area contributed by atoms with Crippen molar-refractivity contribution in [3.8, 4) is 5.75 Å². The van der Waals surface area contributed by atoms with Crippen molar-refractivity contribution in [3.05, 3.63) is 41.0 Å². The molecule has 29 heavy (non-hydrogen) atoms. The van der Waals surface area contributed by atoms with Crippen molar-refractivity contribution in [3.63, 3.8) is 0 Å². The predicted octanol–water partition coefficient (Wildman–Crippen LogP) is 3.13. The lowest BCUT2D eigenvalue weighted by molar-refractivity contribution is -0.126. The van der Waals surface area contributed by atoms with Crippen molar-refractivity contribution in [2.45, 2.75) is 58.0 Å². The first-order chi connectivity index (χ1) is 14.2. The van der Waals surface area contributed by atoms with Gasteiger partial charge in [-0.15, -0.1) is 0 Å². The molecule has 1 saturated heterocycles. The molecule has 2 aliphatic heterocycles. The molecule has 3 aliphatic rings. The third-order valence-corrected chi connectivity index (χ3v) is 6.62. The van der Waals surface area contributed by atoms with Crippen LogP contribution in [0.4, 0.5) is 0 Å². The van der Waals surface area contributed by atoms with E-state index in [2.05, 4.69) is 39.4 Å². The van der Waals surface area contributed by atoms with Gasteiger partial charge >= 0.3 is 0 Å². The van der Waals surface area contributed by atoms with Crippen LogP contribution in [0, 0.1) is 0 Å². The second kappa shape index (κ2) is 9.77. The molecule has 1 atom stereocenters. The average molecular weight is 398 g/mol. The van der Waals surface area contributed by atoms with Crippen LogP contribution in [0.5, 0.6) is 5.75 Å². The number of hydrogen-bond donors (Lipinski definition) is 1. The van der Waals surface area contributed by atoms with Gasteiger partial charge in [-0.3, -0.25) is 14.6 Å². The highest BCUT2D eigenvalue weighted by atomic mass is 16.5. The van der Waals surface area contributed by atoms with E-state index in [1.54, 1.807) is 0 Å². The molecular formula is C24H35N3O2. The summed E-state index contributed by atoms with van der Waals surface area (Å²) < 4.78 is 5.61. The maximum atomic E-state index is 12.6. The van der Waals surface area contributed by atoms with Crippen molar-refractivity contribution in [2.24, 2.45) is 0 Å². The van der Waals surface area contributed by atoms with E-state index in [0.717, 1.165) is 64.5 Å². The number of amides is 1. The predicted molar refractivity (Wildman–Crippen MR) is 116 cm³/mol. The molecule has 1 fully saturated rings. The molecule has 1 aliphatic carbocycles. The first-order valence-corrected chi connectivity index (χ1v) is 11.4. The number of carbonyl (C=O) groups excluding carboxylic acids is 1. The summed E-state index contributed by atoms with van der Waals surface area (Å²) in [6.45, 7) is 8.55. The molecule has 0 bridgehead atoms. The minimum Gasteiger partial charge on any atom is -0.493 e. The third-order valence-electron chi connectivity index (χ3n) is 6.62. The summed E-state index contributed by atoms with van der Waals surface area (Å²) in [6, 6.07) is 6.56. The molecule has 0 spiro atoms. The zero-order valence-electron chi connectivity index (χ0n) is 17.8. The van der Waals surface area contributed by atoms with Gasteiger partial charge in [-0.2, -0.15) is 0 Å². The first-order valence-electron chi connectivity index (χ1n) is 11.4. The van der Waals surface area contributed by atoms with Gasteiger partial charge in [0.1, 0.15) is 5.75 Å². The van der Waals surface area contributed by atoms with Gasteiger partial charge in [-0.05, 0) is 56.2 Å². The highest BCUT2D eigenvalue weighted by molar-refractivity contribution is 5.81. The topological polar surface area (TPSA) is 44.8 Å². The quantitative estimate of drug-likeness (QED) is 0.718. The number of hydrogen-bond acceptors (Lipinski definition) is 4. The second-order valence-electron chi connectivity index (χ2n) is 8.68. The van der Waals surface area contributed by atoms with Gasteiger partial charge < -0.3 is 10.1 Å². The van der Waals surface area contributed by atoms with Crippen LogP contribution < -0.4 is 10.1 Å². The first kappa shape index (κ1) is 20.4. The Morgan fingerprint density at radius 2 is 2.03 bits per heavy atom. The molecule has 0 saturated carbocycles. The van der Waals surface area contributed by atoms with Crippen molar-refractivity contribution in [1.29, 1.82) is 0 Å². The van der Waals surface area contributed by atoms with Crippen molar-refractivity contribution in [1.82, 2.24) is 15.1 Å². The molecule has 0 radical (unpaired) electrons. The molecule has 1 amide bonds. The summed E-state index contributed by atoms with van der Waals surface area (Å²) in [5.74, 6) is 1.23. The van der Waals surface area contributed by atoms with Crippen LogP contribution in [0.15, 0.2) is 29.8 Å². The Kier molecular flexibility index (Phi) is 6.88. The average Bonchev–Trinajstić information content (AvgIpc) is 3.22. The fraction of sp³-hybridized carbons (Fsp3) is 0.625. The SMILES string of the molecule is C[C@H](C(=O)NCCC1=CCCCC1)N1CCN(Cc2ccc3c(c2)CCO3)CC1. The van der Waals surface area contributed by atoms with E-state index in [0.29, 0.717) is 0 Å². The van der Waals surface area contributed by atoms with Gasteiger partial charge in [0.15, 0.2) is 0 Å². The van der Waals surface area contributed by atoms with Crippen LogP contribution in [0.25, 0.3) is 0 Å². The Morgan fingerprint density at radius 3 is 2.83 bits per heavy atom. The number of ether oxygens (including phenoxy) is 1. The summed E-state index contributed by atoms with van der Waals surface area (Å²) in [6.07, 6.45) is 9.46. The lowest BCUT2D eigenvalue weighted by Crippen LogP contribution is -2.53. The Hall–Kier alpha value is -1.85. The fourth-order valence-corrected chi connectivity index (χ4v) is 4.70. The second-order valence-corrected chi connectivity index (χ2v) is 8.68. The molecule has 1 aromatic rings. The Balaban J connectivity index is 1.18.